The Hall–Kier alpha value is -3.80. The fourth-order valence-corrected chi connectivity index (χ4v) is 12.3. The average molecular weight is 619 g/mol. The van der Waals surface area contributed by atoms with Crippen LogP contribution < -0.4 is 0 Å². The highest BCUT2D eigenvalue weighted by Gasteiger charge is 2.48. The van der Waals surface area contributed by atoms with Gasteiger partial charge in [0, 0.05) is 49.8 Å². The molecule has 5 aromatic heterocycles. The summed E-state index contributed by atoms with van der Waals surface area (Å²) in [5.74, 6) is 0. The lowest BCUT2D eigenvalue weighted by atomic mass is 9.68. The van der Waals surface area contributed by atoms with E-state index >= 15 is 0 Å². The molecule has 0 radical (unpaired) electrons. The second-order valence-corrected chi connectivity index (χ2v) is 15.5. The average Bonchev–Trinajstić information content (AvgIpc) is 3.82. The van der Waals surface area contributed by atoms with Crippen molar-refractivity contribution in [1.29, 1.82) is 21.0 Å². The second-order valence-electron chi connectivity index (χ2n) is 10.1. The van der Waals surface area contributed by atoms with Gasteiger partial charge in [0.05, 0.1) is 9.58 Å². The maximum atomic E-state index is 9.14. The Morgan fingerprint density at radius 3 is 1.80 bits per heavy atom. The van der Waals surface area contributed by atoms with Crippen LogP contribution in [0.2, 0.25) is 0 Å². The smallest absolute Gasteiger partial charge is 0.131 e. The Labute approximate surface area is 257 Å². The number of nitrogens with zero attached hydrogens (tertiary/aromatic N) is 4. The highest BCUT2D eigenvalue weighted by Crippen LogP contribution is 2.65. The summed E-state index contributed by atoms with van der Waals surface area (Å²) in [7, 11) is 0. The molecule has 1 spiro atoms. The number of thiophene rings is 5. The van der Waals surface area contributed by atoms with Gasteiger partial charge in [0.1, 0.15) is 35.4 Å². The maximum absolute atomic E-state index is 9.14. The van der Waals surface area contributed by atoms with Gasteiger partial charge in [-0.2, -0.15) is 21.0 Å². The van der Waals surface area contributed by atoms with Gasteiger partial charge >= 0.3 is 0 Å². The van der Waals surface area contributed by atoms with Gasteiger partial charge in [0.25, 0.3) is 0 Å². The summed E-state index contributed by atoms with van der Waals surface area (Å²) in [5, 5.41) is 36.5. The largest absolute Gasteiger partial charge is 0.192 e. The number of fused-ring (bicyclic) bond motifs is 7. The molecule has 0 aliphatic heterocycles. The van der Waals surface area contributed by atoms with E-state index in [9.17, 15) is 0 Å². The van der Waals surface area contributed by atoms with Crippen molar-refractivity contribution in [3.05, 3.63) is 68.4 Å². The summed E-state index contributed by atoms with van der Waals surface area (Å²) >= 11 is 8.93. The van der Waals surface area contributed by atoms with Gasteiger partial charge in [-0.1, -0.05) is 19.3 Å². The van der Waals surface area contributed by atoms with Gasteiger partial charge in [-0.25, -0.2) is 0 Å². The summed E-state index contributed by atoms with van der Waals surface area (Å²) in [5.41, 5.74) is 3.33. The Kier molecular flexibility index (Phi) is 6.52. The van der Waals surface area contributed by atoms with E-state index in [-0.39, 0.29) is 16.6 Å². The van der Waals surface area contributed by atoms with Crippen molar-refractivity contribution in [3.8, 4) is 53.5 Å². The van der Waals surface area contributed by atoms with E-state index in [1.165, 1.54) is 81.9 Å². The van der Waals surface area contributed by atoms with Gasteiger partial charge in [-0.3, -0.25) is 0 Å². The molecule has 41 heavy (non-hydrogen) atoms. The fraction of sp³-hybridized carbons (Fsp3) is 0.188. The van der Waals surface area contributed by atoms with Crippen molar-refractivity contribution in [3.63, 3.8) is 0 Å². The molecule has 5 aromatic rings. The van der Waals surface area contributed by atoms with Crippen LogP contribution >= 0.6 is 56.7 Å². The summed E-state index contributed by atoms with van der Waals surface area (Å²) < 4.78 is 2.75. The number of allylic oxidation sites excluding steroid dienone is 2. The molecule has 4 nitrogen and oxygen atoms in total. The first kappa shape index (κ1) is 26.1. The van der Waals surface area contributed by atoms with E-state index in [2.05, 4.69) is 24.3 Å². The highest BCUT2D eigenvalue weighted by atomic mass is 32.1. The SMILES string of the molecule is N#CC(C#N)=Cc1ccc(-c2cc3c(s2)-c2sc4cc(-c5ccc(C=C(C#N)C#N)s5)sc4c2C32CCCCC2)s1. The lowest BCUT2D eigenvalue weighted by molar-refractivity contribution is 0.356. The first-order chi connectivity index (χ1) is 20.1. The molecule has 196 valence electrons. The van der Waals surface area contributed by atoms with Crippen LogP contribution in [0.5, 0.6) is 0 Å². The minimum absolute atomic E-state index is 0.0602. The molecule has 0 N–H and O–H groups in total. The molecule has 0 amide bonds. The molecular formula is C32H18N4S5. The topological polar surface area (TPSA) is 95.2 Å². The molecule has 0 saturated heterocycles. The quantitative estimate of drug-likeness (QED) is 0.187. The first-order valence-electron chi connectivity index (χ1n) is 13.0. The summed E-state index contributed by atoms with van der Waals surface area (Å²) in [4.78, 5) is 9.53. The van der Waals surface area contributed by atoms with Crippen LogP contribution in [0.25, 0.3) is 50.8 Å². The third kappa shape index (κ3) is 4.22. The van der Waals surface area contributed by atoms with Gasteiger partial charge in [0.2, 0.25) is 0 Å². The van der Waals surface area contributed by atoms with Crippen LogP contribution in [-0.2, 0) is 5.41 Å². The van der Waals surface area contributed by atoms with Gasteiger partial charge < -0.3 is 0 Å². The number of nitriles is 4. The maximum Gasteiger partial charge on any atom is 0.131 e. The number of rotatable bonds is 4. The first-order valence-corrected chi connectivity index (χ1v) is 17.1. The molecule has 7 rings (SSSR count). The van der Waals surface area contributed by atoms with Gasteiger partial charge in [-0.05, 0) is 67.0 Å². The van der Waals surface area contributed by atoms with Gasteiger partial charge in [0.15, 0.2) is 0 Å². The molecule has 5 heterocycles. The molecule has 0 unspecified atom stereocenters. The third-order valence-electron chi connectivity index (χ3n) is 7.80. The van der Waals surface area contributed by atoms with Crippen LogP contribution in [0, 0.1) is 45.3 Å². The summed E-state index contributed by atoms with van der Waals surface area (Å²) in [6.45, 7) is 0. The predicted octanol–water partition coefficient (Wildman–Crippen LogP) is 10.6. The monoisotopic (exact) mass is 618 g/mol. The van der Waals surface area contributed by atoms with E-state index in [1.807, 2.05) is 70.4 Å². The van der Waals surface area contributed by atoms with Crippen LogP contribution in [0.15, 0.2) is 47.5 Å². The van der Waals surface area contributed by atoms with Gasteiger partial charge in [-0.15, -0.1) is 56.7 Å². The molecule has 0 atom stereocenters. The molecule has 0 bridgehead atoms. The summed E-state index contributed by atoms with van der Waals surface area (Å²) in [6, 6.07) is 20.7. The zero-order chi connectivity index (χ0) is 28.1. The fourth-order valence-electron chi connectivity index (χ4n) is 6.04. The molecule has 1 saturated carbocycles. The van der Waals surface area contributed by atoms with Crippen molar-refractivity contribution in [1.82, 2.24) is 0 Å². The van der Waals surface area contributed by atoms with E-state index in [0.717, 1.165) is 9.75 Å². The van der Waals surface area contributed by atoms with Crippen LogP contribution in [0.3, 0.4) is 0 Å². The van der Waals surface area contributed by atoms with Crippen molar-refractivity contribution in [2.45, 2.75) is 37.5 Å². The molecule has 0 aromatic carbocycles. The Balaban J connectivity index is 1.30. The lowest BCUT2D eigenvalue weighted by Gasteiger charge is -2.35. The van der Waals surface area contributed by atoms with Crippen molar-refractivity contribution >= 4 is 78.2 Å². The number of hydrogen-bond donors (Lipinski definition) is 0. The van der Waals surface area contributed by atoms with Crippen molar-refractivity contribution in [2.75, 3.05) is 0 Å². The molecule has 2 aliphatic carbocycles. The van der Waals surface area contributed by atoms with E-state index < -0.39 is 0 Å². The standard InChI is InChI=1S/C32H18N4S5/c33-14-18(15-34)10-20-4-6-23(37-20)25-12-22-29(39-25)31-28(32(22)8-2-1-3-9-32)30-27(41-31)13-26(40-30)24-7-5-21(38-24)11-19(16-35)17-36/h4-7,10-13H,1-3,8-9H2. The second kappa shape index (κ2) is 10.2. The Bertz CT molecular complexity index is 2060. The molecular weight excluding hydrogens is 601 g/mol. The minimum Gasteiger partial charge on any atom is -0.192 e. The zero-order valence-electron chi connectivity index (χ0n) is 21.5. The molecule has 9 heteroatoms. The van der Waals surface area contributed by atoms with E-state index in [1.54, 1.807) is 34.8 Å². The summed E-state index contributed by atoms with van der Waals surface area (Å²) in [6.07, 6.45) is 9.43. The number of hydrogen-bond acceptors (Lipinski definition) is 9. The lowest BCUT2D eigenvalue weighted by Crippen LogP contribution is -2.27. The normalized spacial score (nSPS) is 14.4. The Morgan fingerprint density at radius 2 is 1.22 bits per heavy atom. The third-order valence-corrected chi connectivity index (χ3v) is 14.0. The molecule has 2 aliphatic rings. The zero-order valence-corrected chi connectivity index (χ0v) is 25.6. The predicted molar refractivity (Wildman–Crippen MR) is 172 cm³/mol. The Morgan fingerprint density at radius 1 is 0.634 bits per heavy atom. The van der Waals surface area contributed by atoms with Crippen molar-refractivity contribution < 1.29 is 0 Å². The highest BCUT2D eigenvalue weighted by molar-refractivity contribution is 7.34. The molecule has 1 fully saturated rings. The van der Waals surface area contributed by atoms with E-state index in [4.69, 9.17) is 21.0 Å². The van der Waals surface area contributed by atoms with E-state index in [0.29, 0.717) is 0 Å². The van der Waals surface area contributed by atoms with Crippen molar-refractivity contribution in [2.24, 2.45) is 0 Å². The van der Waals surface area contributed by atoms with Crippen LogP contribution in [0.4, 0.5) is 0 Å². The van der Waals surface area contributed by atoms with Crippen LogP contribution in [0.1, 0.15) is 53.0 Å². The minimum atomic E-state index is 0.0602. The van der Waals surface area contributed by atoms with Crippen LogP contribution in [-0.4, -0.2) is 0 Å².